The highest BCUT2D eigenvalue weighted by Gasteiger charge is 2.31. The average Bonchev–Trinajstić information content (AvgIpc) is 3.43. The molecule has 2 aromatic carbocycles. The molecule has 0 unspecified atom stereocenters. The summed E-state index contributed by atoms with van der Waals surface area (Å²) in [6.45, 7) is -0.371. The predicted molar refractivity (Wildman–Crippen MR) is 95.3 cm³/mol. The number of benzene rings is 2. The van der Waals surface area contributed by atoms with Crippen LogP contribution in [0, 0.1) is 0 Å². The first kappa shape index (κ1) is 20.8. The Balaban J connectivity index is 1.77. The third-order valence-electron chi connectivity index (χ3n) is 4.05. The van der Waals surface area contributed by atoms with Gasteiger partial charge in [0.25, 0.3) is 0 Å². The second-order valence-electron chi connectivity index (χ2n) is 6.39. The smallest absolute Gasteiger partial charge is 0.208 e. The first-order chi connectivity index (χ1) is 13.0. The minimum Gasteiger partial charge on any atom is -0.208 e. The molecule has 1 aliphatic carbocycles. The van der Waals surface area contributed by atoms with E-state index in [1.807, 2.05) is 0 Å². The quantitative estimate of drug-likeness (QED) is 0.701. The van der Waals surface area contributed by atoms with Crippen LogP contribution in [0.15, 0.2) is 58.3 Å². The Hall–Kier alpha value is -1.95. The number of halogens is 3. The Labute approximate surface area is 160 Å². The topological polar surface area (TPSA) is 92.3 Å². The van der Waals surface area contributed by atoms with Gasteiger partial charge in [-0.2, -0.15) is 13.2 Å². The zero-order chi connectivity index (χ0) is 20.6. The highest BCUT2D eigenvalue weighted by molar-refractivity contribution is 7.90. The summed E-state index contributed by atoms with van der Waals surface area (Å²) < 4.78 is 92.3. The van der Waals surface area contributed by atoms with E-state index in [2.05, 4.69) is 9.44 Å². The van der Waals surface area contributed by atoms with E-state index < -0.39 is 31.8 Å². The van der Waals surface area contributed by atoms with Gasteiger partial charge < -0.3 is 0 Å². The van der Waals surface area contributed by atoms with Gasteiger partial charge in [-0.05, 0) is 42.7 Å². The summed E-state index contributed by atoms with van der Waals surface area (Å²) in [5.74, 6) is 0. The van der Waals surface area contributed by atoms with Gasteiger partial charge in [-0.15, -0.1) is 0 Å². The van der Waals surface area contributed by atoms with Crippen molar-refractivity contribution in [2.45, 2.75) is 41.4 Å². The molecule has 152 valence electrons. The van der Waals surface area contributed by atoms with Gasteiger partial charge in [-0.25, -0.2) is 26.3 Å². The van der Waals surface area contributed by atoms with Crippen LogP contribution in [-0.2, 0) is 32.8 Å². The number of sulfonamides is 2. The molecule has 0 aromatic heterocycles. The largest absolute Gasteiger partial charge is 0.416 e. The van der Waals surface area contributed by atoms with Crippen molar-refractivity contribution in [2.75, 3.05) is 0 Å². The van der Waals surface area contributed by atoms with Gasteiger partial charge in [0.05, 0.1) is 15.4 Å². The van der Waals surface area contributed by atoms with Crippen molar-refractivity contribution in [3.05, 3.63) is 59.7 Å². The molecular formula is C17H17F3N2O4S2. The summed E-state index contributed by atoms with van der Waals surface area (Å²) >= 11 is 0. The summed E-state index contributed by atoms with van der Waals surface area (Å²) in [7, 11) is -7.96. The maximum absolute atomic E-state index is 12.8. The number of hydrogen-bond donors (Lipinski definition) is 2. The maximum Gasteiger partial charge on any atom is 0.416 e. The molecule has 0 spiro atoms. The molecule has 1 saturated carbocycles. The van der Waals surface area contributed by atoms with E-state index in [-0.39, 0.29) is 27.9 Å². The normalized spacial score (nSPS) is 15.5. The molecular weight excluding hydrogens is 417 g/mol. The first-order valence-electron chi connectivity index (χ1n) is 8.26. The zero-order valence-electron chi connectivity index (χ0n) is 14.4. The van der Waals surface area contributed by atoms with E-state index in [0.717, 1.165) is 31.0 Å². The van der Waals surface area contributed by atoms with Crippen molar-refractivity contribution in [3.8, 4) is 0 Å². The maximum atomic E-state index is 12.8. The fourth-order valence-corrected chi connectivity index (χ4v) is 4.90. The monoisotopic (exact) mass is 434 g/mol. The van der Waals surface area contributed by atoms with Crippen LogP contribution in [0.2, 0.25) is 0 Å². The number of alkyl halides is 3. The summed E-state index contributed by atoms with van der Waals surface area (Å²) in [6.07, 6.45) is -3.07. The molecule has 0 aliphatic heterocycles. The molecule has 1 fully saturated rings. The molecule has 28 heavy (non-hydrogen) atoms. The molecule has 0 heterocycles. The summed E-state index contributed by atoms with van der Waals surface area (Å²) in [6, 6.07) is 8.94. The third-order valence-corrected chi connectivity index (χ3v) is 6.96. The van der Waals surface area contributed by atoms with Crippen molar-refractivity contribution >= 4 is 20.0 Å². The lowest BCUT2D eigenvalue weighted by Crippen LogP contribution is -2.27. The van der Waals surface area contributed by atoms with E-state index in [0.29, 0.717) is 0 Å². The second-order valence-corrected chi connectivity index (χ2v) is 9.87. The standard InChI is InChI=1S/C17H17F3N2O4S2/c18-17(19,20)13-4-1-3-12(9-13)11-21-27(23,24)15-5-2-6-16(10-15)28(25,26)22-14-7-8-14/h1-6,9-10,14,21-22H,7-8,11H2. The molecule has 6 nitrogen and oxygen atoms in total. The molecule has 0 atom stereocenters. The van der Waals surface area contributed by atoms with Gasteiger partial charge in [-0.3, -0.25) is 0 Å². The second kappa shape index (κ2) is 7.47. The van der Waals surface area contributed by atoms with E-state index in [9.17, 15) is 30.0 Å². The highest BCUT2D eigenvalue weighted by Crippen LogP contribution is 2.29. The molecule has 11 heteroatoms. The van der Waals surface area contributed by atoms with Gasteiger partial charge in [0.2, 0.25) is 20.0 Å². The van der Waals surface area contributed by atoms with Crippen LogP contribution in [-0.4, -0.2) is 22.9 Å². The number of rotatable bonds is 7. The van der Waals surface area contributed by atoms with E-state index >= 15 is 0 Å². The highest BCUT2D eigenvalue weighted by atomic mass is 32.2. The molecule has 0 radical (unpaired) electrons. The Morgan fingerprint density at radius 1 is 0.893 bits per heavy atom. The SMILES string of the molecule is O=S(=O)(NCc1cccc(C(F)(F)F)c1)c1cccc(S(=O)(=O)NC2CC2)c1. The van der Waals surface area contributed by atoms with E-state index in [1.54, 1.807) is 0 Å². The van der Waals surface area contributed by atoms with Crippen LogP contribution in [0.1, 0.15) is 24.0 Å². The molecule has 0 amide bonds. The van der Waals surface area contributed by atoms with Crippen molar-refractivity contribution in [1.82, 2.24) is 9.44 Å². The molecule has 0 bridgehead atoms. The van der Waals surface area contributed by atoms with Crippen LogP contribution in [0.5, 0.6) is 0 Å². The van der Waals surface area contributed by atoms with E-state index in [1.165, 1.54) is 30.3 Å². The first-order valence-corrected chi connectivity index (χ1v) is 11.2. The fourth-order valence-electron chi connectivity index (χ4n) is 2.42. The Morgan fingerprint density at radius 2 is 1.50 bits per heavy atom. The fraction of sp³-hybridized carbons (Fsp3) is 0.294. The molecule has 2 aromatic rings. The molecule has 2 N–H and O–H groups in total. The van der Waals surface area contributed by atoms with Crippen LogP contribution >= 0.6 is 0 Å². The van der Waals surface area contributed by atoms with Gasteiger partial charge in [0, 0.05) is 12.6 Å². The Bertz CT molecular complexity index is 1080. The van der Waals surface area contributed by atoms with Gasteiger partial charge in [-0.1, -0.05) is 24.3 Å². The number of hydrogen-bond acceptors (Lipinski definition) is 4. The average molecular weight is 434 g/mol. The Morgan fingerprint density at radius 3 is 2.11 bits per heavy atom. The van der Waals surface area contributed by atoms with Gasteiger partial charge >= 0.3 is 6.18 Å². The third kappa shape index (κ3) is 5.10. The Kier molecular flexibility index (Phi) is 5.54. The predicted octanol–water partition coefficient (Wildman–Crippen LogP) is 2.62. The summed E-state index contributed by atoms with van der Waals surface area (Å²) in [4.78, 5) is -0.487. The van der Waals surface area contributed by atoms with Crippen LogP contribution in [0.3, 0.4) is 0 Å². The van der Waals surface area contributed by atoms with Crippen molar-refractivity contribution in [3.63, 3.8) is 0 Å². The molecule has 1 aliphatic rings. The summed E-state index contributed by atoms with van der Waals surface area (Å²) in [5.41, 5.74) is -0.763. The van der Waals surface area contributed by atoms with Crippen molar-refractivity contribution in [1.29, 1.82) is 0 Å². The van der Waals surface area contributed by atoms with E-state index in [4.69, 9.17) is 0 Å². The number of nitrogens with one attached hydrogen (secondary N) is 2. The lowest BCUT2D eigenvalue weighted by Gasteiger charge is -2.11. The van der Waals surface area contributed by atoms with Crippen LogP contribution < -0.4 is 9.44 Å². The lowest BCUT2D eigenvalue weighted by molar-refractivity contribution is -0.137. The van der Waals surface area contributed by atoms with Crippen LogP contribution in [0.25, 0.3) is 0 Å². The minimum absolute atomic E-state index is 0.123. The minimum atomic E-state index is -4.54. The van der Waals surface area contributed by atoms with Crippen molar-refractivity contribution < 1.29 is 30.0 Å². The van der Waals surface area contributed by atoms with Gasteiger partial charge in [0.1, 0.15) is 0 Å². The molecule has 3 rings (SSSR count). The van der Waals surface area contributed by atoms with Crippen LogP contribution in [0.4, 0.5) is 13.2 Å². The molecule has 0 saturated heterocycles. The lowest BCUT2D eigenvalue weighted by atomic mass is 10.1. The van der Waals surface area contributed by atoms with Crippen molar-refractivity contribution in [2.24, 2.45) is 0 Å². The summed E-state index contributed by atoms with van der Waals surface area (Å²) in [5, 5.41) is 0. The van der Waals surface area contributed by atoms with Gasteiger partial charge in [0.15, 0.2) is 0 Å². The zero-order valence-corrected chi connectivity index (χ0v) is 16.0.